The Bertz CT molecular complexity index is 1660. The number of ether oxygens (including phenoxy) is 1. The fourth-order valence-corrected chi connectivity index (χ4v) is 6.38. The number of sulfone groups is 1. The van der Waals surface area contributed by atoms with Crippen LogP contribution in [0.25, 0.3) is 16.8 Å². The Morgan fingerprint density at radius 2 is 1.68 bits per heavy atom. The van der Waals surface area contributed by atoms with Crippen LogP contribution < -0.4 is 9.64 Å². The molecule has 5 rings (SSSR count). The van der Waals surface area contributed by atoms with E-state index in [0.29, 0.717) is 23.6 Å². The number of rotatable bonds is 6. The van der Waals surface area contributed by atoms with E-state index in [4.69, 9.17) is 4.74 Å². The number of fused-ring (bicyclic) bond motifs is 1. The van der Waals surface area contributed by atoms with E-state index in [9.17, 15) is 23.3 Å². The SMILES string of the molecule is CCOc1ccc(N2C(=O)/C(=C\c3cccc4ccccc34)S(=O)(=O)[C@H]2c2cccc([N+](=O)[O-])c2)cc1. The molecule has 4 aromatic carbocycles. The quantitative estimate of drug-likeness (QED) is 0.187. The van der Waals surface area contributed by atoms with Gasteiger partial charge in [0.1, 0.15) is 10.7 Å². The zero-order valence-electron chi connectivity index (χ0n) is 19.8. The van der Waals surface area contributed by atoms with Crippen LogP contribution in [-0.2, 0) is 14.6 Å². The highest BCUT2D eigenvalue weighted by Crippen LogP contribution is 2.44. The Morgan fingerprint density at radius 3 is 2.41 bits per heavy atom. The molecule has 0 unspecified atom stereocenters. The molecule has 0 bridgehead atoms. The molecule has 1 aliphatic rings. The summed E-state index contributed by atoms with van der Waals surface area (Å²) >= 11 is 0. The smallest absolute Gasteiger partial charge is 0.271 e. The maximum Gasteiger partial charge on any atom is 0.271 e. The summed E-state index contributed by atoms with van der Waals surface area (Å²) in [5.74, 6) is -0.146. The van der Waals surface area contributed by atoms with Crippen LogP contribution in [0.2, 0.25) is 0 Å². The number of hydrogen-bond acceptors (Lipinski definition) is 6. The number of non-ortho nitro benzene ring substituents is 1. The number of amides is 1. The molecule has 8 nitrogen and oxygen atoms in total. The monoisotopic (exact) mass is 514 g/mol. The van der Waals surface area contributed by atoms with Crippen LogP contribution in [0.15, 0.2) is 95.9 Å². The van der Waals surface area contributed by atoms with E-state index in [1.54, 1.807) is 36.4 Å². The van der Waals surface area contributed by atoms with Gasteiger partial charge in [0.15, 0.2) is 5.37 Å². The molecule has 9 heteroatoms. The zero-order chi connectivity index (χ0) is 26.2. The van der Waals surface area contributed by atoms with Gasteiger partial charge in [-0.1, -0.05) is 54.6 Å². The minimum Gasteiger partial charge on any atom is -0.494 e. The van der Waals surface area contributed by atoms with Crippen LogP contribution in [-0.4, -0.2) is 25.9 Å². The molecular weight excluding hydrogens is 492 g/mol. The van der Waals surface area contributed by atoms with E-state index in [-0.39, 0.29) is 16.2 Å². The Kier molecular flexibility index (Phi) is 6.22. The van der Waals surface area contributed by atoms with Crippen LogP contribution >= 0.6 is 0 Å². The van der Waals surface area contributed by atoms with Gasteiger partial charge in [-0.15, -0.1) is 0 Å². The minimum absolute atomic E-state index is 0.123. The molecule has 0 aromatic heterocycles. The summed E-state index contributed by atoms with van der Waals surface area (Å²) in [6.45, 7) is 2.29. The first-order valence-corrected chi connectivity index (χ1v) is 13.1. The number of carbonyl (C=O) groups is 1. The van der Waals surface area contributed by atoms with Gasteiger partial charge < -0.3 is 4.74 Å². The predicted octanol–water partition coefficient (Wildman–Crippen LogP) is 5.65. The van der Waals surface area contributed by atoms with Gasteiger partial charge in [-0.05, 0) is 59.2 Å². The van der Waals surface area contributed by atoms with E-state index in [1.807, 2.05) is 37.3 Å². The van der Waals surface area contributed by atoms with E-state index in [0.717, 1.165) is 10.8 Å². The second kappa shape index (κ2) is 9.51. The summed E-state index contributed by atoms with van der Waals surface area (Å²) in [7, 11) is -4.27. The number of nitro benzene ring substituents is 1. The molecular formula is C28H22N2O6S. The lowest BCUT2D eigenvalue weighted by Gasteiger charge is -2.23. The lowest BCUT2D eigenvalue weighted by molar-refractivity contribution is -0.384. The standard InChI is InChI=1S/C28H22N2O6S/c1-2-36-24-15-13-22(14-16-24)29-27(31)26(18-20-9-5-8-19-7-3-4-12-25(19)20)37(34,35)28(29)21-10-6-11-23(17-21)30(32)33/h3-18,28H,2H2,1H3/b26-18+/t28-/m0/s1. The fraction of sp³-hybridized carbons (Fsp3) is 0.107. The van der Waals surface area contributed by atoms with E-state index >= 15 is 0 Å². The van der Waals surface area contributed by atoms with Crippen molar-refractivity contribution in [1.29, 1.82) is 0 Å². The predicted molar refractivity (Wildman–Crippen MR) is 142 cm³/mol. The fourth-order valence-electron chi connectivity index (χ4n) is 4.51. The zero-order valence-corrected chi connectivity index (χ0v) is 20.6. The molecule has 4 aromatic rings. The molecule has 0 N–H and O–H groups in total. The summed E-state index contributed by atoms with van der Waals surface area (Å²) in [6.07, 6.45) is 1.39. The van der Waals surface area contributed by atoms with Gasteiger partial charge in [-0.3, -0.25) is 19.8 Å². The van der Waals surface area contributed by atoms with Crippen molar-refractivity contribution < 1.29 is 22.9 Å². The first-order valence-electron chi connectivity index (χ1n) is 11.6. The van der Waals surface area contributed by atoms with Gasteiger partial charge in [0.05, 0.1) is 11.5 Å². The Labute approximate surface area is 213 Å². The topological polar surface area (TPSA) is 107 Å². The van der Waals surface area contributed by atoms with Crippen molar-refractivity contribution in [3.63, 3.8) is 0 Å². The summed E-state index contributed by atoms with van der Waals surface area (Å²) in [5, 5.41) is 11.7. The Balaban J connectivity index is 1.71. The summed E-state index contributed by atoms with van der Waals surface area (Å²) < 4.78 is 33.4. The summed E-state index contributed by atoms with van der Waals surface area (Å²) in [5.41, 5.74) is 0.766. The number of nitro groups is 1. The third kappa shape index (κ3) is 4.34. The van der Waals surface area contributed by atoms with Gasteiger partial charge in [-0.25, -0.2) is 8.42 Å². The molecule has 1 saturated heterocycles. The average Bonchev–Trinajstić information content (AvgIpc) is 3.10. The molecule has 0 radical (unpaired) electrons. The van der Waals surface area contributed by atoms with Gasteiger partial charge >= 0.3 is 0 Å². The van der Waals surface area contributed by atoms with E-state index < -0.39 is 26.0 Å². The molecule has 1 amide bonds. The number of benzene rings is 4. The minimum atomic E-state index is -4.27. The largest absolute Gasteiger partial charge is 0.494 e. The van der Waals surface area contributed by atoms with Gasteiger partial charge in [0.2, 0.25) is 9.84 Å². The first-order chi connectivity index (χ1) is 17.8. The van der Waals surface area contributed by atoms with Gasteiger partial charge in [0.25, 0.3) is 11.6 Å². The number of carbonyl (C=O) groups excluding carboxylic acids is 1. The third-order valence-corrected chi connectivity index (χ3v) is 8.14. The van der Waals surface area contributed by atoms with Crippen molar-refractivity contribution in [2.24, 2.45) is 0 Å². The number of nitrogens with zero attached hydrogens (tertiary/aromatic N) is 2. The van der Waals surface area contributed by atoms with Crippen LogP contribution in [0, 0.1) is 10.1 Å². The number of hydrogen-bond donors (Lipinski definition) is 0. The highest BCUT2D eigenvalue weighted by molar-refractivity contribution is 7.97. The second-order valence-corrected chi connectivity index (χ2v) is 10.4. The van der Waals surface area contributed by atoms with Crippen LogP contribution in [0.3, 0.4) is 0 Å². The Morgan fingerprint density at radius 1 is 0.973 bits per heavy atom. The summed E-state index contributed by atoms with van der Waals surface area (Å²) in [6, 6.07) is 24.8. The first kappa shape index (κ1) is 24.2. The van der Waals surface area contributed by atoms with Crippen molar-refractivity contribution >= 4 is 44.0 Å². The van der Waals surface area contributed by atoms with Crippen molar-refractivity contribution in [1.82, 2.24) is 0 Å². The van der Waals surface area contributed by atoms with Gasteiger partial charge in [0, 0.05) is 17.8 Å². The Hall–Kier alpha value is -4.50. The second-order valence-electron chi connectivity index (χ2n) is 8.43. The average molecular weight is 515 g/mol. The summed E-state index contributed by atoms with van der Waals surface area (Å²) in [4.78, 5) is 25.4. The highest BCUT2D eigenvalue weighted by atomic mass is 32.2. The van der Waals surface area contributed by atoms with E-state index in [1.165, 1.54) is 35.2 Å². The lowest BCUT2D eigenvalue weighted by Crippen LogP contribution is -2.29. The maximum absolute atomic E-state index is 14.0. The molecule has 37 heavy (non-hydrogen) atoms. The van der Waals surface area contributed by atoms with Crippen LogP contribution in [0.5, 0.6) is 5.75 Å². The number of anilines is 1. The van der Waals surface area contributed by atoms with Crippen molar-refractivity contribution in [3.05, 3.63) is 117 Å². The molecule has 186 valence electrons. The highest BCUT2D eigenvalue weighted by Gasteiger charge is 2.50. The van der Waals surface area contributed by atoms with Crippen molar-refractivity contribution in [2.75, 3.05) is 11.5 Å². The molecule has 1 atom stereocenters. The normalized spacial score (nSPS) is 17.9. The van der Waals surface area contributed by atoms with E-state index in [2.05, 4.69) is 0 Å². The molecule has 0 saturated carbocycles. The maximum atomic E-state index is 14.0. The molecule has 0 aliphatic carbocycles. The third-order valence-electron chi connectivity index (χ3n) is 6.17. The molecule has 1 fully saturated rings. The van der Waals surface area contributed by atoms with Crippen molar-refractivity contribution in [2.45, 2.75) is 12.3 Å². The molecule has 0 spiro atoms. The molecule has 1 heterocycles. The van der Waals surface area contributed by atoms with Crippen molar-refractivity contribution in [3.8, 4) is 5.75 Å². The lowest BCUT2D eigenvalue weighted by atomic mass is 10.0. The molecule has 1 aliphatic heterocycles. The van der Waals surface area contributed by atoms with Crippen LogP contribution in [0.1, 0.15) is 23.4 Å². The van der Waals surface area contributed by atoms with Gasteiger partial charge in [-0.2, -0.15) is 0 Å². The van der Waals surface area contributed by atoms with Crippen LogP contribution in [0.4, 0.5) is 11.4 Å².